The number of ether oxygens (including phenoxy) is 1. The molecule has 1 aliphatic rings. The van der Waals surface area contributed by atoms with Crippen LogP contribution in [0.4, 0.5) is 0 Å². The van der Waals surface area contributed by atoms with Gasteiger partial charge in [0, 0.05) is 18.3 Å². The van der Waals surface area contributed by atoms with Crippen LogP contribution < -0.4 is 0 Å². The van der Waals surface area contributed by atoms with Gasteiger partial charge in [-0.25, -0.2) is 0 Å². The fraction of sp³-hybridized carbons (Fsp3) is 0.421. The van der Waals surface area contributed by atoms with Crippen molar-refractivity contribution in [2.45, 2.75) is 38.5 Å². The van der Waals surface area contributed by atoms with Gasteiger partial charge in [0.1, 0.15) is 0 Å². The number of thioether (sulfide) groups is 1. The van der Waals surface area contributed by atoms with Gasteiger partial charge in [-0.15, -0.1) is 11.8 Å². The second-order valence-electron chi connectivity index (χ2n) is 5.49. The zero-order chi connectivity index (χ0) is 15.6. The largest absolute Gasteiger partial charge is 0.377 e. The third-order valence-corrected chi connectivity index (χ3v) is 5.32. The van der Waals surface area contributed by atoms with Crippen LogP contribution in [0.5, 0.6) is 0 Å². The van der Waals surface area contributed by atoms with E-state index in [1.54, 1.807) is 11.8 Å². The number of hydrogen-bond donors (Lipinski definition) is 0. The molecule has 0 aliphatic heterocycles. The van der Waals surface area contributed by atoms with Crippen molar-refractivity contribution in [2.24, 2.45) is 5.92 Å². The van der Waals surface area contributed by atoms with Gasteiger partial charge in [0.05, 0.1) is 10.8 Å². The molecule has 118 valence electrons. The van der Waals surface area contributed by atoms with Crippen molar-refractivity contribution in [3.05, 3.63) is 59.7 Å². The Balaban J connectivity index is 1.73. The average Bonchev–Trinajstić information content (AvgIpc) is 2.58. The molecule has 1 atom stereocenters. The summed E-state index contributed by atoms with van der Waals surface area (Å²) in [5.74, 6) is 1.36. The Morgan fingerprint density at radius 2 is 2.00 bits per heavy atom. The maximum atomic E-state index is 5.64. The molecule has 1 unspecified atom stereocenters. The Morgan fingerprint density at radius 3 is 2.68 bits per heavy atom. The lowest BCUT2D eigenvalue weighted by Gasteiger charge is -2.14. The minimum Gasteiger partial charge on any atom is -0.377 e. The van der Waals surface area contributed by atoms with Crippen LogP contribution in [-0.2, 0) is 17.1 Å². The summed E-state index contributed by atoms with van der Waals surface area (Å²) in [7, 11) is 0. The van der Waals surface area contributed by atoms with Crippen LogP contribution >= 0.6 is 24.0 Å². The van der Waals surface area contributed by atoms with E-state index >= 15 is 0 Å². The van der Waals surface area contributed by atoms with E-state index in [4.69, 9.17) is 17.0 Å². The van der Waals surface area contributed by atoms with Gasteiger partial charge >= 0.3 is 0 Å². The number of unbranched alkanes of at least 4 members (excludes halogenated alkanes) is 1. The summed E-state index contributed by atoms with van der Waals surface area (Å²) < 4.78 is 6.73. The van der Waals surface area contributed by atoms with E-state index in [2.05, 4.69) is 55.5 Å². The summed E-state index contributed by atoms with van der Waals surface area (Å²) in [6.45, 7) is 3.75. The second-order valence-corrected chi connectivity index (χ2v) is 7.20. The molecule has 0 spiro atoms. The van der Waals surface area contributed by atoms with Gasteiger partial charge < -0.3 is 4.74 Å². The van der Waals surface area contributed by atoms with E-state index < -0.39 is 0 Å². The van der Waals surface area contributed by atoms with E-state index in [0.29, 0.717) is 12.5 Å². The first-order chi connectivity index (χ1) is 10.8. The second kappa shape index (κ2) is 9.98. The van der Waals surface area contributed by atoms with Crippen LogP contribution in [-0.4, -0.2) is 10.8 Å². The quantitative estimate of drug-likeness (QED) is 0.446. The minimum absolute atomic E-state index is 0.413. The molecule has 0 N–H and O–H groups in total. The summed E-state index contributed by atoms with van der Waals surface area (Å²) >= 11 is 7.32. The van der Waals surface area contributed by atoms with E-state index in [-0.39, 0.29) is 0 Å². The van der Waals surface area contributed by atoms with Crippen LogP contribution in [0.15, 0.2) is 48.6 Å². The lowest BCUT2D eigenvalue weighted by Crippen LogP contribution is -2.07. The van der Waals surface area contributed by atoms with Gasteiger partial charge in [-0.05, 0) is 24.0 Å². The molecule has 0 radical (unpaired) electrons. The lowest BCUT2D eigenvalue weighted by atomic mass is 10.0. The SMILES string of the molecule is CCCCOCc1ccc(CSC(=S)C2C=CC=CC2)cc1. The fourth-order valence-electron chi connectivity index (χ4n) is 2.19. The Bertz CT molecular complexity index is 517. The number of hydrogen-bond acceptors (Lipinski definition) is 3. The summed E-state index contributed by atoms with van der Waals surface area (Å²) in [5.41, 5.74) is 2.56. The van der Waals surface area contributed by atoms with Crippen molar-refractivity contribution in [1.29, 1.82) is 0 Å². The lowest BCUT2D eigenvalue weighted by molar-refractivity contribution is 0.118. The molecule has 1 aromatic carbocycles. The highest BCUT2D eigenvalue weighted by Gasteiger charge is 2.11. The van der Waals surface area contributed by atoms with Crippen molar-refractivity contribution in [3.8, 4) is 0 Å². The molecule has 1 aromatic rings. The monoisotopic (exact) mass is 332 g/mol. The molecule has 2 rings (SSSR count). The third kappa shape index (κ3) is 6.07. The molecule has 0 saturated carbocycles. The van der Waals surface area contributed by atoms with Gasteiger partial charge in [-0.2, -0.15) is 0 Å². The van der Waals surface area contributed by atoms with Crippen LogP contribution in [0.25, 0.3) is 0 Å². The maximum absolute atomic E-state index is 5.64. The fourth-order valence-corrected chi connectivity index (χ4v) is 3.43. The summed E-state index contributed by atoms with van der Waals surface area (Å²) in [6, 6.07) is 8.69. The first-order valence-corrected chi connectivity index (χ1v) is 9.34. The van der Waals surface area contributed by atoms with Crippen LogP contribution in [0.2, 0.25) is 0 Å². The van der Waals surface area contributed by atoms with Crippen molar-refractivity contribution in [1.82, 2.24) is 0 Å². The van der Waals surface area contributed by atoms with Crippen molar-refractivity contribution < 1.29 is 4.74 Å². The number of allylic oxidation sites excluding steroid dienone is 4. The van der Waals surface area contributed by atoms with Gasteiger partial charge in [0.25, 0.3) is 0 Å². The molecule has 0 bridgehead atoms. The average molecular weight is 333 g/mol. The highest BCUT2D eigenvalue weighted by Crippen LogP contribution is 2.24. The van der Waals surface area contributed by atoms with Crippen LogP contribution in [0.3, 0.4) is 0 Å². The molecule has 1 aliphatic carbocycles. The van der Waals surface area contributed by atoms with Gasteiger partial charge in [0.2, 0.25) is 0 Å². The highest BCUT2D eigenvalue weighted by molar-refractivity contribution is 8.22. The maximum Gasteiger partial charge on any atom is 0.0716 e. The minimum atomic E-state index is 0.413. The zero-order valence-corrected chi connectivity index (χ0v) is 14.8. The van der Waals surface area contributed by atoms with E-state index in [9.17, 15) is 0 Å². The summed E-state index contributed by atoms with van der Waals surface area (Å²) in [5, 5.41) is 0. The molecular formula is C19H24OS2. The predicted molar refractivity (Wildman–Crippen MR) is 101 cm³/mol. The molecule has 3 heteroatoms. The molecule has 0 amide bonds. The molecule has 0 heterocycles. The normalized spacial score (nSPS) is 16.9. The number of thiocarbonyl (C=S) groups is 1. The Labute approximate surface area is 143 Å². The van der Waals surface area contributed by atoms with Crippen molar-refractivity contribution >= 4 is 28.2 Å². The molecule has 1 nitrogen and oxygen atoms in total. The van der Waals surface area contributed by atoms with Crippen molar-refractivity contribution in [3.63, 3.8) is 0 Å². The Morgan fingerprint density at radius 1 is 1.23 bits per heavy atom. The first-order valence-electron chi connectivity index (χ1n) is 7.95. The summed E-state index contributed by atoms with van der Waals surface area (Å²) in [6.07, 6.45) is 11.9. The molecule has 0 fully saturated rings. The van der Waals surface area contributed by atoms with Crippen LogP contribution in [0, 0.1) is 5.92 Å². The molecular weight excluding hydrogens is 308 g/mol. The topological polar surface area (TPSA) is 9.23 Å². The number of rotatable bonds is 8. The van der Waals surface area contributed by atoms with Gasteiger partial charge in [-0.3, -0.25) is 0 Å². The third-order valence-electron chi connectivity index (χ3n) is 3.60. The molecule has 0 aromatic heterocycles. The smallest absolute Gasteiger partial charge is 0.0716 e. The Hall–Kier alpha value is -0.900. The molecule has 22 heavy (non-hydrogen) atoms. The molecule has 0 saturated heterocycles. The number of benzene rings is 1. The predicted octanol–water partition coefficient (Wildman–Crippen LogP) is 5.70. The van der Waals surface area contributed by atoms with Crippen LogP contribution in [0.1, 0.15) is 37.3 Å². The highest BCUT2D eigenvalue weighted by atomic mass is 32.2. The standard InChI is InChI=1S/C19H24OS2/c1-2-3-13-20-14-16-9-11-17(12-10-16)15-22-19(21)18-7-5-4-6-8-18/h4-7,9-12,18H,2-3,8,13-15H2,1H3. The first kappa shape index (κ1) is 17.5. The van der Waals surface area contributed by atoms with E-state index in [1.807, 2.05) is 0 Å². The van der Waals surface area contributed by atoms with Gasteiger partial charge in [-0.1, -0.05) is 74.1 Å². The van der Waals surface area contributed by atoms with E-state index in [0.717, 1.165) is 29.4 Å². The zero-order valence-electron chi connectivity index (χ0n) is 13.2. The van der Waals surface area contributed by atoms with Crippen molar-refractivity contribution in [2.75, 3.05) is 6.61 Å². The Kier molecular flexibility index (Phi) is 7.92. The summed E-state index contributed by atoms with van der Waals surface area (Å²) in [4.78, 5) is 0. The van der Waals surface area contributed by atoms with Gasteiger partial charge in [0.15, 0.2) is 0 Å². The van der Waals surface area contributed by atoms with E-state index in [1.165, 1.54) is 17.5 Å².